The van der Waals surface area contributed by atoms with E-state index >= 15 is 0 Å². The Morgan fingerprint density at radius 2 is 1.52 bits per heavy atom. The summed E-state index contributed by atoms with van der Waals surface area (Å²) in [6.07, 6.45) is 7.80. The molecule has 0 bridgehead atoms. The van der Waals surface area contributed by atoms with Crippen LogP contribution in [0, 0.1) is 0 Å². The molecule has 0 spiro atoms. The van der Waals surface area contributed by atoms with Gasteiger partial charge in [0.1, 0.15) is 0 Å². The van der Waals surface area contributed by atoms with Gasteiger partial charge in [-0.1, -0.05) is 0 Å². The first-order valence-electron chi connectivity index (χ1n) is 10.5. The van der Waals surface area contributed by atoms with Gasteiger partial charge in [0.05, 0.1) is 0 Å². The minimum absolute atomic E-state index is 0.250. The standard InChI is InChI=1S/C10H10ClO3.3C4H9.Sn/c1-8(12)13-6-7-14-10-5-3-2-4-9(10)11;3*1-3-4-2;/h3-5H,6-7H2,1H3;3*1,3-4H2,2H3;. The molecule has 1 aromatic carbocycles. The summed E-state index contributed by atoms with van der Waals surface area (Å²) in [6, 6.07) is 6.50. The molecule has 0 atom stereocenters. The fraction of sp³-hybridized carbons (Fsp3) is 0.682. The summed E-state index contributed by atoms with van der Waals surface area (Å²) in [5.41, 5.74) is 0. The first kappa shape index (κ1) is 24.6. The molecule has 0 aromatic heterocycles. The molecule has 0 aliphatic carbocycles. The number of hydrogen-bond donors (Lipinski definition) is 0. The molecule has 0 amide bonds. The fourth-order valence-corrected chi connectivity index (χ4v) is 20.1. The van der Waals surface area contributed by atoms with Crippen LogP contribution in [0.25, 0.3) is 0 Å². The quantitative estimate of drug-likeness (QED) is 0.169. The van der Waals surface area contributed by atoms with Crippen LogP contribution in [0.15, 0.2) is 18.2 Å². The van der Waals surface area contributed by atoms with Crippen molar-refractivity contribution in [3.8, 4) is 5.75 Å². The molecule has 1 aromatic rings. The van der Waals surface area contributed by atoms with Gasteiger partial charge in [-0.2, -0.15) is 0 Å². The SMILES string of the molecule is CCC[CH2][Sn]([CH2]CCC)([CH2]CCC)[c]1ccc(OCCOC(C)=O)c(Cl)c1. The topological polar surface area (TPSA) is 35.5 Å². The average molecular weight is 504 g/mol. The van der Waals surface area contributed by atoms with Crippen LogP contribution in [0.4, 0.5) is 0 Å². The molecule has 27 heavy (non-hydrogen) atoms. The monoisotopic (exact) mass is 504 g/mol. The summed E-state index contributed by atoms with van der Waals surface area (Å²) < 4.78 is 16.5. The second kappa shape index (κ2) is 13.7. The number of carbonyl (C=O) groups excluding carboxylic acids is 1. The summed E-state index contributed by atoms with van der Waals surface area (Å²) in [6.45, 7) is 8.86. The molecule has 0 saturated carbocycles. The number of carbonyl (C=O) groups is 1. The molecule has 0 unspecified atom stereocenters. The van der Waals surface area contributed by atoms with Crippen molar-refractivity contribution in [2.45, 2.75) is 79.5 Å². The third-order valence-corrected chi connectivity index (χ3v) is 21.1. The molecule has 0 aliphatic rings. The van der Waals surface area contributed by atoms with E-state index in [1.807, 2.05) is 6.07 Å². The molecule has 1 rings (SSSR count). The second-order valence-corrected chi connectivity index (χ2v) is 21.1. The number of benzene rings is 1. The van der Waals surface area contributed by atoms with E-state index in [9.17, 15) is 4.79 Å². The van der Waals surface area contributed by atoms with Gasteiger partial charge in [0, 0.05) is 0 Å². The van der Waals surface area contributed by atoms with Crippen molar-refractivity contribution in [1.29, 1.82) is 0 Å². The van der Waals surface area contributed by atoms with E-state index in [0.717, 1.165) is 0 Å². The predicted molar refractivity (Wildman–Crippen MR) is 118 cm³/mol. The maximum absolute atomic E-state index is 10.8. The summed E-state index contributed by atoms with van der Waals surface area (Å²) >= 11 is 4.13. The molecular formula is C22H37ClO3Sn. The zero-order valence-electron chi connectivity index (χ0n) is 17.6. The number of ether oxygens (including phenoxy) is 2. The molecule has 0 N–H and O–H groups in total. The van der Waals surface area contributed by atoms with Crippen molar-refractivity contribution in [3.05, 3.63) is 23.2 Å². The number of hydrogen-bond acceptors (Lipinski definition) is 3. The van der Waals surface area contributed by atoms with Gasteiger partial charge in [0.2, 0.25) is 0 Å². The fourth-order valence-electron chi connectivity index (χ4n) is 3.64. The maximum atomic E-state index is 10.8. The summed E-state index contributed by atoms with van der Waals surface area (Å²) in [5, 5.41) is 0.695. The number of unbranched alkanes of at least 4 members (excludes halogenated alkanes) is 3. The van der Waals surface area contributed by atoms with Gasteiger partial charge in [-0.3, -0.25) is 0 Å². The molecule has 0 aliphatic heterocycles. The van der Waals surface area contributed by atoms with Crippen LogP contribution in [0.3, 0.4) is 0 Å². The van der Waals surface area contributed by atoms with E-state index in [0.29, 0.717) is 17.4 Å². The van der Waals surface area contributed by atoms with E-state index < -0.39 is 18.4 Å². The Morgan fingerprint density at radius 3 is 1.96 bits per heavy atom. The predicted octanol–water partition coefficient (Wildman–Crippen LogP) is 6.34. The van der Waals surface area contributed by atoms with Crippen LogP contribution >= 0.6 is 11.6 Å². The van der Waals surface area contributed by atoms with Crippen molar-refractivity contribution < 1.29 is 14.3 Å². The zero-order valence-corrected chi connectivity index (χ0v) is 21.2. The van der Waals surface area contributed by atoms with Crippen LogP contribution in [0.2, 0.25) is 18.3 Å². The molecule has 154 valence electrons. The summed E-state index contributed by atoms with van der Waals surface area (Å²) in [4.78, 5) is 10.8. The Labute approximate surface area is 175 Å². The van der Waals surface area contributed by atoms with E-state index in [1.165, 1.54) is 58.8 Å². The van der Waals surface area contributed by atoms with Gasteiger partial charge in [-0.05, 0) is 0 Å². The first-order chi connectivity index (χ1) is 13.0. The van der Waals surface area contributed by atoms with Crippen molar-refractivity contribution in [2.75, 3.05) is 13.2 Å². The molecule has 5 heteroatoms. The van der Waals surface area contributed by atoms with Crippen LogP contribution < -0.4 is 8.32 Å². The number of esters is 1. The van der Waals surface area contributed by atoms with E-state index in [4.69, 9.17) is 21.1 Å². The van der Waals surface area contributed by atoms with E-state index in [2.05, 4.69) is 32.9 Å². The van der Waals surface area contributed by atoms with Gasteiger partial charge >= 0.3 is 176 Å². The Balaban J connectivity index is 2.98. The van der Waals surface area contributed by atoms with E-state index in [1.54, 1.807) is 3.58 Å². The average Bonchev–Trinajstić information content (AvgIpc) is 2.66. The summed E-state index contributed by atoms with van der Waals surface area (Å²) in [5.74, 6) is 0.399. The zero-order chi connectivity index (χ0) is 20.1. The third-order valence-electron chi connectivity index (χ3n) is 5.22. The Hall–Kier alpha value is -0.421. The Bertz CT molecular complexity index is 541. The molecular weight excluding hydrogens is 466 g/mol. The first-order valence-corrected chi connectivity index (χ1v) is 18.4. The van der Waals surface area contributed by atoms with Gasteiger partial charge in [-0.15, -0.1) is 0 Å². The minimum atomic E-state index is -2.45. The normalized spacial score (nSPS) is 11.4. The molecule has 0 radical (unpaired) electrons. The van der Waals surface area contributed by atoms with Crippen molar-refractivity contribution in [1.82, 2.24) is 0 Å². The third kappa shape index (κ3) is 8.64. The number of rotatable bonds is 14. The number of halogens is 1. The van der Waals surface area contributed by atoms with Crippen molar-refractivity contribution >= 4 is 39.5 Å². The Morgan fingerprint density at radius 1 is 0.963 bits per heavy atom. The molecule has 3 nitrogen and oxygen atoms in total. The van der Waals surface area contributed by atoms with Gasteiger partial charge in [-0.25, -0.2) is 0 Å². The molecule has 0 heterocycles. The second-order valence-electron chi connectivity index (χ2n) is 7.42. The van der Waals surface area contributed by atoms with E-state index in [-0.39, 0.29) is 12.6 Å². The van der Waals surface area contributed by atoms with Crippen LogP contribution in [0.1, 0.15) is 66.2 Å². The van der Waals surface area contributed by atoms with Gasteiger partial charge < -0.3 is 0 Å². The summed E-state index contributed by atoms with van der Waals surface area (Å²) in [7, 11) is 0. The van der Waals surface area contributed by atoms with Gasteiger partial charge in [0.25, 0.3) is 0 Å². The molecule has 0 saturated heterocycles. The van der Waals surface area contributed by atoms with Crippen molar-refractivity contribution in [3.63, 3.8) is 0 Å². The van der Waals surface area contributed by atoms with Crippen LogP contribution in [-0.4, -0.2) is 37.6 Å². The molecule has 0 fully saturated rings. The van der Waals surface area contributed by atoms with Crippen molar-refractivity contribution in [2.24, 2.45) is 0 Å². The Kier molecular flexibility index (Phi) is 12.5. The van der Waals surface area contributed by atoms with Crippen LogP contribution in [0.5, 0.6) is 5.75 Å². The van der Waals surface area contributed by atoms with Gasteiger partial charge in [0.15, 0.2) is 0 Å². The van der Waals surface area contributed by atoms with Crippen LogP contribution in [-0.2, 0) is 9.53 Å².